The maximum Gasteiger partial charge on any atom is 0.329 e. The van der Waals surface area contributed by atoms with E-state index in [1.54, 1.807) is 6.07 Å². The summed E-state index contributed by atoms with van der Waals surface area (Å²) in [7, 11) is 0. The Bertz CT molecular complexity index is 708. The Labute approximate surface area is 103 Å². The molecule has 0 unspecified atom stereocenters. The third kappa shape index (κ3) is 1.63. The highest BCUT2D eigenvalue weighted by molar-refractivity contribution is 5.78. The number of nitrogens with one attached hydrogen (secondary N) is 1. The van der Waals surface area contributed by atoms with E-state index in [0.717, 1.165) is 25.7 Å². The zero-order valence-electron chi connectivity index (χ0n) is 9.85. The lowest BCUT2D eigenvalue weighted by atomic mass is 10.2. The molecule has 0 bridgehead atoms. The maximum atomic E-state index is 12.3. The minimum atomic E-state index is -0.356. The number of aromatic nitrogens is 2. The molecule has 0 spiro atoms. The summed E-state index contributed by atoms with van der Waals surface area (Å²) in [6.45, 7) is 0. The van der Waals surface area contributed by atoms with E-state index in [-0.39, 0.29) is 23.0 Å². The number of aromatic hydroxyl groups is 1. The second-order valence-electron chi connectivity index (χ2n) is 4.77. The Kier molecular flexibility index (Phi) is 2.47. The molecule has 1 heterocycles. The minimum absolute atomic E-state index is 0.00648. The second-order valence-corrected chi connectivity index (χ2v) is 4.77. The fourth-order valence-corrected chi connectivity index (χ4v) is 2.71. The Morgan fingerprint density at radius 1 is 1.22 bits per heavy atom. The SMILES string of the molecule is O=c1[nH]c2ccc(O)cc2c(=O)n1C1CCCC1. The molecule has 2 N–H and O–H groups in total. The highest BCUT2D eigenvalue weighted by atomic mass is 16.3. The van der Waals surface area contributed by atoms with Crippen molar-refractivity contribution in [1.29, 1.82) is 0 Å². The zero-order valence-corrected chi connectivity index (χ0v) is 9.85. The number of H-pyrrole nitrogens is 1. The number of phenolic OH excluding ortho intramolecular Hbond substituents is 1. The summed E-state index contributed by atoms with van der Waals surface area (Å²) in [5.41, 5.74) is -0.196. The first kappa shape index (κ1) is 11.1. The molecule has 1 aromatic heterocycles. The summed E-state index contributed by atoms with van der Waals surface area (Å²) in [4.78, 5) is 27.0. The number of hydrogen-bond donors (Lipinski definition) is 2. The lowest BCUT2D eigenvalue weighted by molar-refractivity contribution is 0.473. The molecular weight excluding hydrogens is 232 g/mol. The zero-order chi connectivity index (χ0) is 12.7. The molecule has 0 radical (unpaired) electrons. The van der Waals surface area contributed by atoms with Gasteiger partial charge in [-0.05, 0) is 31.0 Å². The van der Waals surface area contributed by atoms with Crippen LogP contribution in [0.1, 0.15) is 31.7 Å². The van der Waals surface area contributed by atoms with Crippen molar-refractivity contribution >= 4 is 10.9 Å². The van der Waals surface area contributed by atoms with Crippen LogP contribution in [0.2, 0.25) is 0 Å². The van der Waals surface area contributed by atoms with E-state index in [9.17, 15) is 14.7 Å². The van der Waals surface area contributed by atoms with Crippen LogP contribution in [0.25, 0.3) is 10.9 Å². The maximum absolute atomic E-state index is 12.3. The number of nitrogens with zero attached hydrogens (tertiary/aromatic N) is 1. The van der Waals surface area contributed by atoms with Crippen molar-refractivity contribution in [3.8, 4) is 5.75 Å². The Morgan fingerprint density at radius 2 is 1.94 bits per heavy atom. The fourth-order valence-electron chi connectivity index (χ4n) is 2.71. The van der Waals surface area contributed by atoms with Gasteiger partial charge in [0.05, 0.1) is 10.9 Å². The molecule has 1 aromatic carbocycles. The Hall–Kier alpha value is -2.04. The molecule has 1 fully saturated rings. The topological polar surface area (TPSA) is 75.1 Å². The van der Waals surface area contributed by atoms with Gasteiger partial charge in [-0.2, -0.15) is 0 Å². The van der Waals surface area contributed by atoms with Crippen LogP contribution in [0, 0.1) is 0 Å². The average molecular weight is 246 g/mol. The summed E-state index contributed by atoms with van der Waals surface area (Å²) in [5.74, 6) is 0.0321. The monoisotopic (exact) mass is 246 g/mol. The van der Waals surface area contributed by atoms with Crippen molar-refractivity contribution in [3.05, 3.63) is 39.0 Å². The van der Waals surface area contributed by atoms with E-state index in [0.29, 0.717) is 10.9 Å². The first-order valence-corrected chi connectivity index (χ1v) is 6.14. The molecule has 0 amide bonds. The van der Waals surface area contributed by atoms with Gasteiger partial charge < -0.3 is 10.1 Å². The van der Waals surface area contributed by atoms with E-state index in [1.165, 1.54) is 16.7 Å². The molecule has 1 aliphatic rings. The summed E-state index contributed by atoms with van der Waals surface area (Å²) in [6.07, 6.45) is 3.84. The van der Waals surface area contributed by atoms with E-state index in [2.05, 4.69) is 4.98 Å². The normalized spacial score (nSPS) is 16.4. The van der Waals surface area contributed by atoms with Gasteiger partial charge in [0.15, 0.2) is 0 Å². The first-order valence-electron chi connectivity index (χ1n) is 6.14. The number of hydrogen-bond acceptors (Lipinski definition) is 3. The molecule has 2 aromatic rings. The molecule has 1 aliphatic carbocycles. The molecule has 94 valence electrons. The van der Waals surface area contributed by atoms with Crippen molar-refractivity contribution in [2.24, 2.45) is 0 Å². The van der Waals surface area contributed by atoms with Gasteiger partial charge in [-0.15, -0.1) is 0 Å². The van der Waals surface area contributed by atoms with Gasteiger partial charge in [0.25, 0.3) is 5.56 Å². The van der Waals surface area contributed by atoms with Gasteiger partial charge in [0.1, 0.15) is 5.75 Å². The summed E-state index contributed by atoms with van der Waals surface area (Å²) >= 11 is 0. The summed E-state index contributed by atoms with van der Waals surface area (Å²) in [6, 6.07) is 4.40. The third-order valence-electron chi connectivity index (χ3n) is 3.60. The quantitative estimate of drug-likeness (QED) is 0.800. The number of fused-ring (bicyclic) bond motifs is 1. The number of rotatable bonds is 1. The molecule has 5 heteroatoms. The smallest absolute Gasteiger partial charge is 0.329 e. The predicted molar refractivity (Wildman–Crippen MR) is 68.0 cm³/mol. The molecule has 1 saturated carbocycles. The van der Waals surface area contributed by atoms with Crippen LogP contribution in [-0.4, -0.2) is 14.7 Å². The Morgan fingerprint density at radius 3 is 2.67 bits per heavy atom. The van der Waals surface area contributed by atoms with Crippen LogP contribution in [0.5, 0.6) is 5.75 Å². The molecule has 0 aliphatic heterocycles. The largest absolute Gasteiger partial charge is 0.508 e. The summed E-state index contributed by atoms with van der Waals surface area (Å²) in [5, 5.41) is 9.80. The highest BCUT2D eigenvalue weighted by Gasteiger charge is 2.21. The Balaban J connectivity index is 2.32. The van der Waals surface area contributed by atoms with Gasteiger partial charge in [0.2, 0.25) is 0 Å². The summed E-state index contributed by atoms with van der Waals surface area (Å²) < 4.78 is 1.30. The lowest BCUT2D eigenvalue weighted by Crippen LogP contribution is -2.37. The average Bonchev–Trinajstić information content (AvgIpc) is 2.84. The molecular formula is C13H14N2O3. The van der Waals surface area contributed by atoms with Crippen LogP contribution in [-0.2, 0) is 0 Å². The van der Waals surface area contributed by atoms with Gasteiger partial charge >= 0.3 is 5.69 Å². The van der Waals surface area contributed by atoms with Crippen molar-refractivity contribution < 1.29 is 5.11 Å². The fraction of sp³-hybridized carbons (Fsp3) is 0.385. The van der Waals surface area contributed by atoms with Gasteiger partial charge in [-0.1, -0.05) is 12.8 Å². The first-order chi connectivity index (χ1) is 8.66. The van der Waals surface area contributed by atoms with E-state index in [1.807, 2.05) is 0 Å². The molecule has 0 atom stereocenters. The van der Waals surface area contributed by atoms with Crippen molar-refractivity contribution in [3.63, 3.8) is 0 Å². The van der Waals surface area contributed by atoms with Crippen molar-refractivity contribution in [1.82, 2.24) is 9.55 Å². The van der Waals surface area contributed by atoms with E-state index in [4.69, 9.17) is 0 Å². The third-order valence-corrected chi connectivity index (χ3v) is 3.60. The molecule has 5 nitrogen and oxygen atoms in total. The van der Waals surface area contributed by atoms with Crippen LogP contribution in [0.4, 0.5) is 0 Å². The van der Waals surface area contributed by atoms with Gasteiger partial charge in [-0.25, -0.2) is 4.79 Å². The van der Waals surface area contributed by atoms with Gasteiger partial charge in [-0.3, -0.25) is 9.36 Å². The van der Waals surface area contributed by atoms with Crippen LogP contribution in [0.15, 0.2) is 27.8 Å². The van der Waals surface area contributed by atoms with Crippen LogP contribution >= 0.6 is 0 Å². The number of benzene rings is 1. The number of phenols is 1. The van der Waals surface area contributed by atoms with E-state index < -0.39 is 0 Å². The number of aromatic amines is 1. The van der Waals surface area contributed by atoms with Crippen LogP contribution < -0.4 is 11.2 Å². The molecule has 18 heavy (non-hydrogen) atoms. The predicted octanol–water partition coefficient (Wildman–Crippen LogP) is 1.51. The van der Waals surface area contributed by atoms with Crippen molar-refractivity contribution in [2.45, 2.75) is 31.7 Å². The van der Waals surface area contributed by atoms with E-state index >= 15 is 0 Å². The highest BCUT2D eigenvalue weighted by Crippen LogP contribution is 2.27. The van der Waals surface area contributed by atoms with Crippen molar-refractivity contribution in [2.75, 3.05) is 0 Å². The van der Waals surface area contributed by atoms with Crippen LogP contribution in [0.3, 0.4) is 0 Å². The minimum Gasteiger partial charge on any atom is -0.508 e. The molecule has 3 rings (SSSR count). The lowest BCUT2D eigenvalue weighted by Gasteiger charge is -2.12. The standard InChI is InChI=1S/C13H14N2O3/c16-9-5-6-11-10(7-9)12(17)15(13(18)14-11)8-3-1-2-4-8/h5-8,16H,1-4H2,(H,14,18). The molecule has 0 saturated heterocycles. The van der Waals surface area contributed by atoms with Gasteiger partial charge in [0, 0.05) is 6.04 Å². The second kappa shape index (κ2) is 4.01.